The molecule has 306 valence electrons. The summed E-state index contributed by atoms with van der Waals surface area (Å²) in [6, 6.07) is 91.7. The smallest absolute Gasteiger partial charge is 0.0462 e. The van der Waals surface area contributed by atoms with Crippen LogP contribution in [0.5, 0.6) is 0 Å². The molecule has 0 atom stereocenters. The molecule has 0 radical (unpaired) electrons. The Morgan fingerprint density at radius 1 is 0.203 bits per heavy atom. The third kappa shape index (κ3) is 8.38. The highest BCUT2D eigenvalue weighted by atomic mass is 15.1. The maximum atomic E-state index is 2.33. The van der Waals surface area contributed by atoms with E-state index in [1.54, 1.807) is 0 Å². The summed E-state index contributed by atoms with van der Waals surface area (Å²) in [5, 5.41) is 0. The molecule has 0 N–H and O–H groups in total. The van der Waals surface area contributed by atoms with Gasteiger partial charge in [0, 0.05) is 34.1 Å². The lowest BCUT2D eigenvalue weighted by Gasteiger charge is -2.26. The summed E-state index contributed by atoms with van der Waals surface area (Å²) in [6.45, 7) is 4.38. The molecule has 0 saturated carbocycles. The van der Waals surface area contributed by atoms with Crippen molar-refractivity contribution in [3.8, 4) is 55.6 Å². The van der Waals surface area contributed by atoms with Gasteiger partial charge in [-0.15, -0.1) is 0 Å². The Labute approximate surface area is 377 Å². The fourth-order valence-corrected chi connectivity index (χ4v) is 8.71. The highest BCUT2D eigenvalue weighted by molar-refractivity contribution is 5.83. The number of benzene rings is 10. The Kier molecular flexibility index (Phi) is 11.2. The van der Waals surface area contributed by atoms with Crippen LogP contribution in [0, 0.1) is 13.8 Å². The summed E-state index contributed by atoms with van der Waals surface area (Å²) in [5.41, 5.74) is 21.3. The van der Waals surface area contributed by atoms with Crippen molar-refractivity contribution in [2.75, 3.05) is 9.80 Å². The van der Waals surface area contributed by atoms with Crippen molar-refractivity contribution in [3.05, 3.63) is 266 Å². The van der Waals surface area contributed by atoms with Gasteiger partial charge in [0.1, 0.15) is 0 Å². The van der Waals surface area contributed by atoms with Gasteiger partial charge in [0.15, 0.2) is 0 Å². The molecule has 0 bridgehead atoms. The molecule has 0 fully saturated rings. The zero-order valence-corrected chi connectivity index (χ0v) is 36.1. The molecule has 10 aromatic carbocycles. The molecule has 64 heavy (non-hydrogen) atoms. The van der Waals surface area contributed by atoms with Crippen LogP contribution in [0.25, 0.3) is 55.6 Å². The average molecular weight is 821 g/mol. The van der Waals surface area contributed by atoms with Crippen LogP contribution in [0.15, 0.2) is 255 Å². The molecule has 0 amide bonds. The first-order valence-electron chi connectivity index (χ1n) is 22.0. The number of aryl methyl sites for hydroxylation is 2. The second-order valence-corrected chi connectivity index (χ2v) is 16.3. The van der Waals surface area contributed by atoms with Gasteiger partial charge in [0.25, 0.3) is 0 Å². The predicted octanol–water partition coefficient (Wildman–Crippen LogP) is 17.6. The van der Waals surface area contributed by atoms with Gasteiger partial charge in [0.05, 0.1) is 0 Å². The third-order valence-corrected chi connectivity index (χ3v) is 12.2. The maximum absolute atomic E-state index is 2.33. The number of para-hydroxylation sites is 2. The van der Waals surface area contributed by atoms with Gasteiger partial charge >= 0.3 is 0 Å². The van der Waals surface area contributed by atoms with Gasteiger partial charge < -0.3 is 9.80 Å². The molecule has 10 aromatic rings. The minimum absolute atomic E-state index is 1.10. The summed E-state index contributed by atoms with van der Waals surface area (Å²) >= 11 is 0. The van der Waals surface area contributed by atoms with Crippen LogP contribution >= 0.6 is 0 Å². The number of hydrogen-bond acceptors (Lipinski definition) is 2. The molecule has 0 saturated heterocycles. The van der Waals surface area contributed by atoms with Crippen LogP contribution < -0.4 is 9.80 Å². The maximum Gasteiger partial charge on any atom is 0.0462 e. The van der Waals surface area contributed by atoms with Crippen molar-refractivity contribution in [2.45, 2.75) is 13.8 Å². The molecule has 2 heteroatoms. The zero-order valence-electron chi connectivity index (χ0n) is 36.1. The second kappa shape index (κ2) is 18.0. The molecule has 0 aliphatic carbocycles. The Balaban J connectivity index is 0.900. The summed E-state index contributed by atoms with van der Waals surface area (Å²) in [5.74, 6) is 0. The molecule has 0 aromatic heterocycles. The quantitative estimate of drug-likeness (QED) is 0.128. The van der Waals surface area contributed by atoms with Gasteiger partial charge in [0.2, 0.25) is 0 Å². The Morgan fingerprint density at radius 3 is 0.859 bits per heavy atom. The van der Waals surface area contributed by atoms with Crippen molar-refractivity contribution in [1.82, 2.24) is 0 Å². The monoisotopic (exact) mass is 820 g/mol. The Bertz CT molecular complexity index is 3100. The fourth-order valence-electron chi connectivity index (χ4n) is 8.71. The van der Waals surface area contributed by atoms with E-state index in [2.05, 4.69) is 278 Å². The van der Waals surface area contributed by atoms with Gasteiger partial charge in [-0.05, 0) is 159 Å². The molecule has 0 spiro atoms. The van der Waals surface area contributed by atoms with Gasteiger partial charge in [-0.25, -0.2) is 0 Å². The largest absolute Gasteiger partial charge is 0.311 e. The predicted molar refractivity (Wildman–Crippen MR) is 272 cm³/mol. The summed E-state index contributed by atoms with van der Waals surface area (Å²) in [6.07, 6.45) is 0. The molecule has 0 aliphatic rings. The number of rotatable bonds is 11. The van der Waals surface area contributed by atoms with Crippen LogP contribution in [0.3, 0.4) is 0 Å². The summed E-state index contributed by atoms with van der Waals surface area (Å²) in [4.78, 5) is 4.65. The minimum atomic E-state index is 1.10. The van der Waals surface area contributed by atoms with E-state index >= 15 is 0 Å². The van der Waals surface area contributed by atoms with Crippen molar-refractivity contribution in [3.63, 3.8) is 0 Å². The van der Waals surface area contributed by atoms with Crippen molar-refractivity contribution in [2.24, 2.45) is 0 Å². The minimum Gasteiger partial charge on any atom is -0.311 e. The summed E-state index contributed by atoms with van der Waals surface area (Å²) < 4.78 is 0. The van der Waals surface area contributed by atoms with Crippen LogP contribution in [0.4, 0.5) is 34.1 Å². The lowest BCUT2D eigenvalue weighted by Crippen LogP contribution is -2.10. The fraction of sp³-hybridized carbons (Fsp3) is 0.0323. The van der Waals surface area contributed by atoms with Gasteiger partial charge in [-0.1, -0.05) is 176 Å². The third-order valence-electron chi connectivity index (χ3n) is 12.2. The summed E-state index contributed by atoms with van der Waals surface area (Å²) in [7, 11) is 0. The van der Waals surface area contributed by atoms with Crippen molar-refractivity contribution < 1.29 is 0 Å². The van der Waals surface area contributed by atoms with E-state index in [4.69, 9.17) is 0 Å². The van der Waals surface area contributed by atoms with Crippen LogP contribution in [0.1, 0.15) is 11.1 Å². The zero-order chi connectivity index (χ0) is 43.2. The van der Waals surface area contributed by atoms with Gasteiger partial charge in [-0.2, -0.15) is 0 Å². The number of hydrogen-bond donors (Lipinski definition) is 0. The van der Waals surface area contributed by atoms with E-state index in [9.17, 15) is 0 Å². The van der Waals surface area contributed by atoms with Crippen LogP contribution in [0.2, 0.25) is 0 Å². The normalized spacial score (nSPS) is 11.0. The molecule has 10 rings (SSSR count). The molecular formula is C62H48N2. The van der Waals surface area contributed by atoms with Gasteiger partial charge in [-0.3, -0.25) is 0 Å². The molecule has 0 heterocycles. The average Bonchev–Trinajstić information content (AvgIpc) is 3.36. The van der Waals surface area contributed by atoms with E-state index < -0.39 is 0 Å². The molecule has 0 aliphatic heterocycles. The topological polar surface area (TPSA) is 6.48 Å². The lowest BCUT2D eigenvalue weighted by molar-refractivity contribution is 1.28. The van der Waals surface area contributed by atoms with Crippen molar-refractivity contribution >= 4 is 34.1 Å². The van der Waals surface area contributed by atoms with Crippen LogP contribution in [-0.4, -0.2) is 0 Å². The molecular weight excluding hydrogens is 773 g/mol. The van der Waals surface area contributed by atoms with E-state index in [0.29, 0.717) is 0 Å². The van der Waals surface area contributed by atoms with Crippen LogP contribution in [-0.2, 0) is 0 Å². The first kappa shape index (κ1) is 39.9. The second-order valence-electron chi connectivity index (χ2n) is 16.3. The SMILES string of the molecule is Cc1ccccc1-c1cc(-c2ccc(N(c3ccccc3)c3ccc(-c4ccc(N(c5ccccc5)c5ccc(-c6ccc(-c7ccccc7)cc6)cc5)cc4)cc3)cc2)ccc1C. The highest BCUT2D eigenvalue weighted by Crippen LogP contribution is 2.40. The number of nitrogens with zero attached hydrogens (tertiary/aromatic N) is 2. The standard InChI is InChI=1S/C62H48N2/c1-45-14-12-13-21-61(45)62-44-54(23-22-46(62)2)53-34-42-60(43-35-53)64(56-19-10-5-11-20-56)59-40-32-52(33-41-59)51-30-38-58(39-31-51)63(55-17-8-4-9-18-55)57-36-28-50(29-37-57)49-26-24-48(25-27-49)47-15-6-3-7-16-47/h3-44H,1-2H3. The molecule has 2 nitrogen and oxygen atoms in total. The van der Waals surface area contributed by atoms with E-state index in [1.807, 2.05) is 0 Å². The van der Waals surface area contributed by atoms with E-state index in [0.717, 1.165) is 45.3 Å². The molecule has 0 unspecified atom stereocenters. The first-order valence-corrected chi connectivity index (χ1v) is 22.0. The van der Waals surface area contributed by atoms with E-state index in [1.165, 1.54) is 55.6 Å². The van der Waals surface area contributed by atoms with Crippen molar-refractivity contribution in [1.29, 1.82) is 0 Å². The first-order chi connectivity index (χ1) is 31.6. The van der Waals surface area contributed by atoms with E-state index in [-0.39, 0.29) is 0 Å². The Morgan fingerprint density at radius 2 is 0.469 bits per heavy atom. The highest BCUT2D eigenvalue weighted by Gasteiger charge is 2.16. The Hall–Kier alpha value is -8.20. The lowest BCUT2D eigenvalue weighted by atomic mass is 9.93. The number of anilines is 6.